The lowest BCUT2D eigenvalue weighted by Gasteiger charge is -2.36. The number of nitrogens with zero attached hydrogens (tertiary/aromatic N) is 6. The van der Waals surface area contributed by atoms with Gasteiger partial charge in [0, 0.05) is 63.4 Å². The number of carbonyl (C=O) groups excluding carboxylic acids is 2. The van der Waals surface area contributed by atoms with Gasteiger partial charge in [-0.2, -0.15) is 5.10 Å². The summed E-state index contributed by atoms with van der Waals surface area (Å²) in [4.78, 5) is 37.5. The summed E-state index contributed by atoms with van der Waals surface area (Å²) in [5, 5.41) is 7.53. The molecule has 1 N–H and O–H groups in total. The van der Waals surface area contributed by atoms with Gasteiger partial charge in [0.1, 0.15) is 12.4 Å². The number of likely N-dealkylation sites (N-methyl/N-ethyl adjacent to an activating group) is 1. The highest BCUT2D eigenvalue weighted by atomic mass is 19.1. The molecule has 9 nitrogen and oxygen atoms in total. The van der Waals surface area contributed by atoms with Crippen molar-refractivity contribution in [2.45, 2.75) is 24.9 Å². The number of aromatic nitrogens is 3. The molecule has 5 rings (SSSR count). The topological polar surface area (TPSA) is 87.7 Å². The summed E-state index contributed by atoms with van der Waals surface area (Å²) in [5.74, 6) is -0.978. The quantitative estimate of drug-likeness (QED) is 0.379. The molecule has 0 bridgehead atoms. The van der Waals surface area contributed by atoms with Crippen molar-refractivity contribution >= 4 is 34.1 Å². The molecule has 2 aromatic carbocycles. The van der Waals surface area contributed by atoms with E-state index < -0.39 is 17.3 Å². The first kappa shape index (κ1) is 25.9. The Balaban J connectivity index is 1.45. The van der Waals surface area contributed by atoms with Crippen molar-refractivity contribution in [3.05, 3.63) is 95.5 Å². The van der Waals surface area contributed by atoms with Crippen LogP contribution in [0.3, 0.4) is 0 Å². The Hall–Kier alpha value is -4.78. The fraction of sp³-hybridized carbons (Fsp3) is 0.276. The Labute approximate surface area is 225 Å². The number of hydrogen-bond acceptors (Lipinski definition) is 5. The molecule has 0 saturated carbocycles. The highest BCUT2D eigenvalue weighted by molar-refractivity contribution is 6.12. The second kappa shape index (κ2) is 10.5. The summed E-state index contributed by atoms with van der Waals surface area (Å²) in [6.07, 6.45) is 5.68. The zero-order valence-electron chi connectivity index (χ0n) is 21.8. The van der Waals surface area contributed by atoms with Crippen molar-refractivity contribution < 1.29 is 14.0 Å². The molecule has 0 unspecified atom stereocenters. The number of hydrogen-bond donors (Lipinski definition) is 1. The number of amides is 2. The van der Waals surface area contributed by atoms with E-state index in [2.05, 4.69) is 20.2 Å². The van der Waals surface area contributed by atoms with Crippen molar-refractivity contribution in [1.29, 1.82) is 0 Å². The lowest BCUT2D eigenvalue weighted by atomic mass is 9.81. The molecule has 0 aliphatic carbocycles. The highest BCUT2D eigenvalue weighted by Crippen LogP contribution is 2.40. The fourth-order valence-electron chi connectivity index (χ4n) is 4.96. The lowest BCUT2D eigenvalue weighted by Crippen LogP contribution is -2.41. The number of rotatable bonds is 6. The van der Waals surface area contributed by atoms with Crippen molar-refractivity contribution in [1.82, 2.24) is 19.7 Å². The van der Waals surface area contributed by atoms with Crippen molar-refractivity contribution in [2.75, 3.05) is 37.4 Å². The Bertz CT molecular complexity index is 1570. The number of anilines is 2. The van der Waals surface area contributed by atoms with E-state index in [0.29, 0.717) is 53.8 Å². The van der Waals surface area contributed by atoms with Gasteiger partial charge in [-0.05, 0) is 18.2 Å². The van der Waals surface area contributed by atoms with Gasteiger partial charge in [0.2, 0.25) is 5.91 Å². The predicted octanol–water partition coefficient (Wildman–Crippen LogP) is 4.33. The van der Waals surface area contributed by atoms with Gasteiger partial charge in [-0.25, -0.2) is 11.0 Å². The van der Waals surface area contributed by atoms with E-state index in [4.69, 9.17) is 6.57 Å². The van der Waals surface area contributed by atoms with E-state index in [1.54, 1.807) is 26.4 Å². The van der Waals surface area contributed by atoms with E-state index in [9.17, 15) is 14.0 Å². The lowest BCUT2D eigenvalue weighted by molar-refractivity contribution is -0.129. The van der Waals surface area contributed by atoms with Crippen LogP contribution >= 0.6 is 0 Å². The number of pyridine rings is 1. The van der Waals surface area contributed by atoms with Crippen LogP contribution in [0.5, 0.6) is 0 Å². The maximum Gasteiger partial charge on any atom is 0.260 e. The molecule has 3 heterocycles. The van der Waals surface area contributed by atoms with Gasteiger partial charge in [0.05, 0.1) is 28.7 Å². The molecular weight excluding hydrogens is 497 g/mol. The number of carbonyl (C=O) groups is 2. The third kappa shape index (κ3) is 5.16. The van der Waals surface area contributed by atoms with Gasteiger partial charge in [-0.15, -0.1) is 0 Å². The molecule has 10 heteroatoms. The molecule has 4 aromatic rings. The van der Waals surface area contributed by atoms with E-state index >= 15 is 0 Å². The second-order valence-corrected chi connectivity index (χ2v) is 9.85. The second-order valence-electron chi connectivity index (χ2n) is 9.85. The first-order chi connectivity index (χ1) is 18.8. The van der Waals surface area contributed by atoms with Gasteiger partial charge in [0.15, 0.2) is 0 Å². The van der Waals surface area contributed by atoms with Crippen LogP contribution in [0.4, 0.5) is 15.8 Å². The zero-order chi connectivity index (χ0) is 27.6. The molecule has 1 aliphatic rings. The maximum absolute atomic E-state index is 14.4. The van der Waals surface area contributed by atoms with Crippen LogP contribution in [0.25, 0.3) is 15.7 Å². The standard InChI is InChI=1S/C29H28FN7O2/c1-31-29(20-7-5-4-6-8-20)11-13-36(14-12-29)27-23-15-21(30)9-10-25(23)32-17-24(27)28(39)34-22-16-33-37(18-22)19-26(38)35(2)3/h4-10,15-18H,11-14,19H2,2-3H3,(H,34,39). The molecule has 0 atom stereocenters. The summed E-state index contributed by atoms with van der Waals surface area (Å²) in [6.45, 7) is 9.03. The molecule has 1 fully saturated rings. The largest absolute Gasteiger partial charge is 0.370 e. The van der Waals surface area contributed by atoms with Gasteiger partial charge in [-0.3, -0.25) is 19.3 Å². The average Bonchev–Trinajstić information content (AvgIpc) is 3.39. The summed E-state index contributed by atoms with van der Waals surface area (Å²) < 4.78 is 15.8. The number of piperidine rings is 1. The van der Waals surface area contributed by atoms with Crippen LogP contribution in [0.1, 0.15) is 28.8 Å². The fourth-order valence-corrected chi connectivity index (χ4v) is 4.96. The molecule has 0 radical (unpaired) electrons. The van der Waals surface area contributed by atoms with E-state index in [0.717, 1.165) is 5.56 Å². The van der Waals surface area contributed by atoms with Crippen LogP contribution in [0.15, 0.2) is 67.1 Å². The third-order valence-electron chi connectivity index (χ3n) is 7.17. The maximum atomic E-state index is 14.4. The molecular formula is C29H28FN7O2. The minimum Gasteiger partial charge on any atom is -0.370 e. The number of fused-ring (bicyclic) bond motifs is 1. The van der Waals surface area contributed by atoms with Crippen LogP contribution in [-0.4, -0.2) is 58.7 Å². The number of benzene rings is 2. The van der Waals surface area contributed by atoms with E-state index in [1.807, 2.05) is 35.2 Å². The van der Waals surface area contributed by atoms with Crippen molar-refractivity contribution in [2.24, 2.45) is 0 Å². The molecule has 1 aliphatic heterocycles. The van der Waals surface area contributed by atoms with Crippen LogP contribution < -0.4 is 10.2 Å². The molecule has 0 spiro atoms. The average molecular weight is 526 g/mol. The Morgan fingerprint density at radius 2 is 1.87 bits per heavy atom. The molecule has 198 valence electrons. The summed E-state index contributed by atoms with van der Waals surface area (Å²) in [6, 6.07) is 14.1. The monoisotopic (exact) mass is 525 g/mol. The number of nitrogens with one attached hydrogen (secondary N) is 1. The zero-order valence-corrected chi connectivity index (χ0v) is 21.8. The summed E-state index contributed by atoms with van der Waals surface area (Å²) in [5.41, 5.74) is 2.20. The Morgan fingerprint density at radius 3 is 2.56 bits per heavy atom. The minimum atomic E-state index is -0.646. The van der Waals surface area contributed by atoms with Crippen LogP contribution in [0.2, 0.25) is 0 Å². The minimum absolute atomic E-state index is 0.0446. The third-order valence-corrected chi connectivity index (χ3v) is 7.17. The first-order valence-corrected chi connectivity index (χ1v) is 12.6. The molecule has 2 amide bonds. The van der Waals surface area contributed by atoms with E-state index in [-0.39, 0.29) is 12.5 Å². The van der Waals surface area contributed by atoms with Crippen molar-refractivity contribution in [3.63, 3.8) is 0 Å². The van der Waals surface area contributed by atoms with Gasteiger partial charge in [0.25, 0.3) is 11.4 Å². The number of halogens is 1. The van der Waals surface area contributed by atoms with Crippen LogP contribution in [0, 0.1) is 12.4 Å². The van der Waals surface area contributed by atoms with Gasteiger partial charge in [-0.1, -0.05) is 30.3 Å². The van der Waals surface area contributed by atoms with Crippen LogP contribution in [-0.2, 0) is 16.9 Å². The predicted molar refractivity (Wildman–Crippen MR) is 147 cm³/mol. The SMILES string of the molecule is [C-]#[N+]C1(c2ccccc2)CCN(c2c(C(=O)Nc3cnn(CC(=O)N(C)C)c3)cnc3ccc(F)cc23)CC1. The highest BCUT2D eigenvalue weighted by Gasteiger charge is 2.43. The first-order valence-electron chi connectivity index (χ1n) is 12.6. The van der Waals surface area contributed by atoms with Gasteiger partial charge < -0.3 is 20.0 Å². The van der Waals surface area contributed by atoms with Crippen molar-refractivity contribution in [3.8, 4) is 0 Å². The smallest absolute Gasteiger partial charge is 0.260 e. The Morgan fingerprint density at radius 1 is 1.13 bits per heavy atom. The molecule has 1 saturated heterocycles. The van der Waals surface area contributed by atoms with E-state index in [1.165, 1.54) is 34.1 Å². The Kier molecular flexibility index (Phi) is 6.98. The summed E-state index contributed by atoms with van der Waals surface area (Å²) in [7, 11) is 3.32. The molecule has 2 aromatic heterocycles. The van der Waals surface area contributed by atoms with Gasteiger partial charge >= 0.3 is 0 Å². The summed E-state index contributed by atoms with van der Waals surface area (Å²) >= 11 is 0. The normalized spacial score (nSPS) is 14.6. The molecule has 39 heavy (non-hydrogen) atoms.